The van der Waals surface area contributed by atoms with Crippen molar-refractivity contribution in [1.82, 2.24) is 5.43 Å². The highest BCUT2D eigenvalue weighted by molar-refractivity contribution is 5.81. The summed E-state index contributed by atoms with van der Waals surface area (Å²) in [5.74, 6) is 4.80. The van der Waals surface area contributed by atoms with Crippen molar-refractivity contribution in [3.05, 3.63) is 35.9 Å². The van der Waals surface area contributed by atoms with E-state index in [2.05, 4.69) is 5.43 Å². The van der Waals surface area contributed by atoms with E-state index in [9.17, 15) is 4.79 Å². The van der Waals surface area contributed by atoms with Crippen molar-refractivity contribution >= 4 is 5.91 Å². The van der Waals surface area contributed by atoms with Gasteiger partial charge in [0.05, 0.1) is 12.7 Å². The van der Waals surface area contributed by atoms with Gasteiger partial charge in [0.2, 0.25) is 0 Å². The molecule has 18 heavy (non-hydrogen) atoms. The summed E-state index contributed by atoms with van der Waals surface area (Å²) >= 11 is 0. The lowest BCUT2D eigenvalue weighted by molar-refractivity contribution is -0.139. The maximum Gasteiger partial charge on any atom is 0.267 e. The normalized spacial score (nSPS) is 13.9. The Bertz CT molecular complexity index is 357. The first-order chi connectivity index (χ1) is 8.69. The SMILES string of the molecule is CCOCC(C)OC(C(=O)NN)c1ccccc1. The van der Waals surface area contributed by atoms with Crippen LogP contribution in [0.5, 0.6) is 0 Å². The zero-order valence-electron chi connectivity index (χ0n) is 10.8. The molecule has 0 aromatic heterocycles. The zero-order valence-corrected chi connectivity index (χ0v) is 10.8. The van der Waals surface area contributed by atoms with Crippen molar-refractivity contribution in [3.63, 3.8) is 0 Å². The van der Waals surface area contributed by atoms with Crippen LogP contribution in [0.25, 0.3) is 0 Å². The second-order valence-electron chi connectivity index (χ2n) is 3.91. The van der Waals surface area contributed by atoms with Crippen LogP contribution in [0.4, 0.5) is 0 Å². The zero-order chi connectivity index (χ0) is 13.4. The highest BCUT2D eigenvalue weighted by Gasteiger charge is 2.22. The molecule has 5 heteroatoms. The van der Waals surface area contributed by atoms with E-state index in [1.807, 2.05) is 44.2 Å². The molecule has 0 heterocycles. The smallest absolute Gasteiger partial charge is 0.267 e. The molecule has 0 aliphatic rings. The number of hydrazine groups is 1. The minimum atomic E-state index is -0.716. The first-order valence-electron chi connectivity index (χ1n) is 5.97. The monoisotopic (exact) mass is 252 g/mol. The second-order valence-corrected chi connectivity index (χ2v) is 3.91. The summed E-state index contributed by atoms with van der Waals surface area (Å²) < 4.78 is 10.9. The van der Waals surface area contributed by atoms with E-state index in [4.69, 9.17) is 15.3 Å². The number of rotatable bonds is 7. The molecule has 0 radical (unpaired) electrons. The highest BCUT2D eigenvalue weighted by Crippen LogP contribution is 2.19. The molecule has 2 unspecified atom stereocenters. The van der Waals surface area contributed by atoms with Crippen LogP contribution in [0.1, 0.15) is 25.5 Å². The number of nitrogens with one attached hydrogen (secondary N) is 1. The van der Waals surface area contributed by atoms with Gasteiger partial charge in [0.25, 0.3) is 5.91 Å². The van der Waals surface area contributed by atoms with Gasteiger partial charge < -0.3 is 9.47 Å². The van der Waals surface area contributed by atoms with Crippen molar-refractivity contribution in [3.8, 4) is 0 Å². The van der Waals surface area contributed by atoms with Gasteiger partial charge in [-0.25, -0.2) is 5.84 Å². The summed E-state index contributed by atoms with van der Waals surface area (Å²) in [6.07, 6.45) is -0.904. The average Bonchev–Trinajstić information content (AvgIpc) is 2.42. The molecule has 1 aromatic carbocycles. The summed E-state index contributed by atoms with van der Waals surface area (Å²) in [6, 6.07) is 9.23. The van der Waals surface area contributed by atoms with Crippen molar-refractivity contribution < 1.29 is 14.3 Å². The van der Waals surface area contributed by atoms with Crippen LogP contribution in [-0.4, -0.2) is 25.2 Å². The third-order valence-electron chi connectivity index (χ3n) is 2.41. The Balaban J connectivity index is 2.71. The molecule has 1 amide bonds. The molecule has 3 N–H and O–H groups in total. The molecule has 5 nitrogen and oxygen atoms in total. The minimum absolute atomic E-state index is 0.188. The van der Waals surface area contributed by atoms with E-state index >= 15 is 0 Å². The van der Waals surface area contributed by atoms with Gasteiger partial charge in [-0.2, -0.15) is 0 Å². The van der Waals surface area contributed by atoms with Gasteiger partial charge in [0.15, 0.2) is 6.10 Å². The number of hydrogen-bond donors (Lipinski definition) is 2. The fraction of sp³-hybridized carbons (Fsp3) is 0.462. The number of hydrogen-bond acceptors (Lipinski definition) is 4. The molecular formula is C13H20N2O3. The Labute approximate surface area is 107 Å². The number of carbonyl (C=O) groups excluding carboxylic acids is 1. The average molecular weight is 252 g/mol. The quantitative estimate of drug-likeness (QED) is 0.434. The molecular weight excluding hydrogens is 232 g/mol. The van der Waals surface area contributed by atoms with E-state index in [0.717, 1.165) is 5.56 Å². The molecule has 0 aliphatic carbocycles. The Morgan fingerprint density at radius 3 is 2.61 bits per heavy atom. The number of amides is 1. The molecule has 0 saturated heterocycles. The van der Waals surface area contributed by atoms with Gasteiger partial charge in [0, 0.05) is 6.61 Å². The predicted molar refractivity (Wildman–Crippen MR) is 68.6 cm³/mol. The van der Waals surface area contributed by atoms with Crippen LogP contribution in [0.3, 0.4) is 0 Å². The van der Waals surface area contributed by atoms with Gasteiger partial charge in [0.1, 0.15) is 0 Å². The molecule has 0 fully saturated rings. The van der Waals surface area contributed by atoms with Crippen molar-refractivity contribution in [2.75, 3.05) is 13.2 Å². The topological polar surface area (TPSA) is 73.6 Å². The maximum atomic E-state index is 11.7. The van der Waals surface area contributed by atoms with Gasteiger partial charge in [-0.05, 0) is 19.4 Å². The summed E-state index contributed by atoms with van der Waals surface area (Å²) in [5, 5.41) is 0. The molecule has 100 valence electrons. The predicted octanol–water partition coefficient (Wildman–Crippen LogP) is 1.16. The van der Waals surface area contributed by atoms with Crippen LogP contribution >= 0.6 is 0 Å². The van der Waals surface area contributed by atoms with Crippen LogP contribution in [0, 0.1) is 0 Å². The molecule has 1 aromatic rings. The van der Waals surface area contributed by atoms with Gasteiger partial charge >= 0.3 is 0 Å². The number of ether oxygens (including phenoxy) is 2. The second kappa shape index (κ2) is 7.81. The lowest BCUT2D eigenvalue weighted by Crippen LogP contribution is -2.37. The fourth-order valence-corrected chi connectivity index (χ4v) is 1.55. The highest BCUT2D eigenvalue weighted by atomic mass is 16.5. The summed E-state index contributed by atoms with van der Waals surface area (Å²) in [4.78, 5) is 11.7. The lowest BCUT2D eigenvalue weighted by Gasteiger charge is -2.21. The van der Waals surface area contributed by atoms with Gasteiger partial charge in [-0.1, -0.05) is 30.3 Å². The van der Waals surface area contributed by atoms with Crippen LogP contribution in [0.15, 0.2) is 30.3 Å². The first-order valence-corrected chi connectivity index (χ1v) is 5.97. The molecule has 1 rings (SSSR count). The van der Waals surface area contributed by atoms with Crippen molar-refractivity contribution in [1.29, 1.82) is 0 Å². The van der Waals surface area contributed by atoms with Gasteiger partial charge in [-0.15, -0.1) is 0 Å². The minimum Gasteiger partial charge on any atom is -0.379 e. The van der Waals surface area contributed by atoms with Crippen molar-refractivity contribution in [2.45, 2.75) is 26.1 Å². The third kappa shape index (κ3) is 4.44. The third-order valence-corrected chi connectivity index (χ3v) is 2.41. The van der Waals surface area contributed by atoms with E-state index in [1.165, 1.54) is 0 Å². The molecule has 0 saturated carbocycles. The molecule has 0 aliphatic heterocycles. The fourth-order valence-electron chi connectivity index (χ4n) is 1.55. The molecule has 2 atom stereocenters. The molecule has 0 bridgehead atoms. The largest absolute Gasteiger partial charge is 0.379 e. The Hall–Kier alpha value is -1.43. The number of carbonyl (C=O) groups is 1. The van der Waals surface area contributed by atoms with Crippen LogP contribution < -0.4 is 11.3 Å². The Morgan fingerprint density at radius 1 is 1.39 bits per heavy atom. The number of benzene rings is 1. The van der Waals surface area contributed by atoms with Crippen molar-refractivity contribution in [2.24, 2.45) is 5.84 Å². The van der Waals surface area contributed by atoms with Crippen LogP contribution in [-0.2, 0) is 14.3 Å². The van der Waals surface area contributed by atoms with E-state index in [1.54, 1.807) is 0 Å². The number of nitrogens with two attached hydrogens (primary N) is 1. The molecule has 0 spiro atoms. The summed E-state index contributed by atoms with van der Waals surface area (Å²) in [6.45, 7) is 4.83. The standard InChI is InChI=1S/C13H20N2O3/c1-3-17-9-10(2)18-12(13(16)15-14)11-7-5-4-6-8-11/h4-8,10,12H,3,9,14H2,1-2H3,(H,15,16). The first kappa shape index (κ1) is 14.6. The van der Waals surface area contributed by atoms with Crippen LogP contribution in [0.2, 0.25) is 0 Å². The van der Waals surface area contributed by atoms with Gasteiger partial charge in [-0.3, -0.25) is 10.2 Å². The van der Waals surface area contributed by atoms with E-state index in [-0.39, 0.29) is 12.0 Å². The Morgan fingerprint density at radius 2 is 2.06 bits per heavy atom. The Kier molecular flexibility index (Phi) is 6.35. The van der Waals surface area contributed by atoms with E-state index in [0.29, 0.717) is 13.2 Å². The lowest BCUT2D eigenvalue weighted by atomic mass is 10.1. The summed E-state index contributed by atoms with van der Waals surface area (Å²) in [7, 11) is 0. The van der Waals surface area contributed by atoms with E-state index < -0.39 is 6.10 Å². The maximum absolute atomic E-state index is 11.7. The summed E-state index contributed by atoms with van der Waals surface area (Å²) in [5.41, 5.74) is 2.89.